The van der Waals surface area contributed by atoms with E-state index in [-0.39, 0.29) is 18.2 Å². The second kappa shape index (κ2) is 5.24. The molecule has 1 aromatic heterocycles. The van der Waals surface area contributed by atoms with Gasteiger partial charge in [0.15, 0.2) is 17.2 Å². The van der Waals surface area contributed by atoms with Crippen molar-refractivity contribution in [1.82, 2.24) is 4.98 Å². The molecule has 1 aromatic carbocycles. The Kier molecular flexibility index (Phi) is 3.27. The lowest BCUT2D eigenvalue weighted by Gasteiger charge is -2.05. The van der Waals surface area contributed by atoms with Crippen LogP contribution < -0.4 is 9.47 Å². The molecule has 1 N–H and O–H groups in total. The Balaban J connectivity index is 1.97. The van der Waals surface area contributed by atoms with Crippen molar-refractivity contribution in [2.24, 2.45) is 5.16 Å². The quantitative estimate of drug-likeness (QED) is 0.404. The Labute approximate surface area is 120 Å². The van der Waals surface area contributed by atoms with Crippen LogP contribution in [0, 0.1) is 6.92 Å². The van der Waals surface area contributed by atoms with Crippen LogP contribution in [0.25, 0.3) is 0 Å². The highest BCUT2D eigenvalue weighted by molar-refractivity contribution is 6.50. The van der Waals surface area contributed by atoms with Crippen molar-refractivity contribution in [1.29, 1.82) is 0 Å². The molecule has 0 amide bonds. The molecule has 6 nitrogen and oxygen atoms in total. The number of carbonyl (C=O) groups excluding carboxylic acids is 1. The Morgan fingerprint density at radius 3 is 2.81 bits per heavy atom. The number of benzene rings is 1. The molecule has 1 aliphatic rings. The van der Waals surface area contributed by atoms with E-state index >= 15 is 0 Å². The highest BCUT2D eigenvalue weighted by atomic mass is 16.7. The smallest absolute Gasteiger partial charge is 0.233 e. The number of pyridine rings is 1. The third-order valence-corrected chi connectivity index (χ3v) is 3.08. The van der Waals surface area contributed by atoms with Gasteiger partial charge in [-0.3, -0.25) is 4.79 Å². The van der Waals surface area contributed by atoms with Gasteiger partial charge in [-0.05, 0) is 37.3 Å². The summed E-state index contributed by atoms with van der Waals surface area (Å²) in [7, 11) is 0. The molecule has 6 heteroatoms. The van der Waals surface area contributed by atoms with E-state index in [9.17, 15) is 10.0 Å². The van der Waals surface area contributed by atoms with E-state index in [1.807, 2.05) is 0 Å². The van der Waals surface area contributed by atoms with Crippen molar-refractivity contribution in [2.75, 3.05) is 6.79 Å². The second-order valence-corrected chi connectivity index (χ2v) is 4.51. The molecule has 0 radical (unpaired) electrons. The molecule has 2 heterocycles. The molecule has 0 spiro atoms. The van der Waals surface area contributed by atoms with Crippen LogP contribution in [-0.2, 0) is 0 Å². The number of carbonyl (C=O) groups is 1. The summed E-state index contributed by atoms with van der Waals surface area (Å²) in [6.45, 7) is 1.92. The predicted molar refractivity (Wildman–Crippen MR) is 74.2 cm³/mol. The van der Waals surface area contributed by atoms with Gasteiger partial charge in [-0.25, -0.2) is 4.98 Å². The summed E-state index contributed by atoms with van der Waals surface area (Å²) < 4.78 is 10.5. The van der Waals surface area contributed by atoms with Crippen LogP contribution in [0.4, 0.5) is 0 Å². The molecule has 21 heavy (non-hydrogen) atoms. The third kappa shape index (κ3) is 2.43. The summed E-state index contributed by atoms with van der Waals surface area (Å²) in [6.07, 6.45) is 0. The molecule has 0 aliphatic carbocycles. The van der Waals surface area contributed by atoms with Crippen molar-refractivity contribution in [2.45, 2.75) is 6.92 Å². The highest BCUT2D eigenvalue weighted by Gasteiger charge is 2.21. The first-order valence-corrected chi connectivity index (χ1v) is 6.29. The molecule has 3 rings (SSSR count). The lowest BCUT2D eigenvalue weighted by Crippen LogP contribution is -2.17. The normalized spacial score (nSPS) is 13.3. The zero-order chi connectivity index (χ0) is 14.8. The van der Waals surface area contributed by atoms with E-state index < -0.39 is 5.78 Å². The first kappa shape index (κ1) is 13.1. The summed E-state index contributed by atoms with van der Waals surface area (Å²) >= 11 is 0. The number of Topliss-reactive ketones (excluding diaryl/α,β-unsaturated/α-hetero) is 1. The molecule has 106 valence electrons. The number of nitrogens with zero attached hydrogens (tertiary/aromatic N) is 2. The van der Waals surface area contributed by atoms with Gasteiger partial charge in [0.25, 0.3) is 0 Å². The first-order chi connectivity index (χ1) is 10.2. The van der Waals surface area contributed by atoms with Gasteiger partial charge in [-0.1, -0.05) is 11.2 Å². The fourth-order valence-corrected chi connectivity index (χ4v) is 2.07. The van der Waals surface area contributed by atoms with Gasteiger partial charge in [-0.15, -0.1) is 0 Å². The average Bonchev–Trinajstić information content (AvgIpc) is 2.95. The van der Waals surface area contributed by atoms with Gasteiger partial charge >= 0.3 is 0 Å². The molecule has 0 saturated carbocycles. The number of hydrogen-bond donors (Lipinski definition) is 1. The minimum absolute atomic E-state index is 0.0913. The molecule has 2 aromatic rings. The fraction of sp³-hybridized carbons (Fsp3) is 0.133. The van der Waals surface area contributed by atoms with Crippen LogP contribution in [0.2, 0.25) is 0 Å². The van der Waals surface area contributed by atoms with Crippen molar-refractivity contribution in [3.63, 3.8) is 0 Å². The largest absolute Gasteiger partial charge is 0.454 e. The number of aryl methyl sites for hydroxylation is 1. The maximum Gasteiger partial charge on any atom is 0.233 e. The van der Waals surface area contributed by atoms with Crippen LogP contribution in [0.3, 0.4) is 0 Å². The molecule has 0 unspecified atom stereocenters. The van der Waals surface area contributed by atoms with Gasteiger partial charge in [0, 0.05) is 11.3 Å². The Bertz CT molecular complexity index is 740. The van der Waals surface area contributed by atoms with Crippen molar-refractivity contribution >= 4 is 11.5 Å². The minimum atomic E-state index is -0.458. The number of ether oxygens (including phenoxy) is 2. The van der Waals surface area contributed by atoms with Gasteiger partial charge in [0.1, 0.15) is 5.69 Å². The number of ketones is 1. The van der Waals surface area contributed by atoms with Gasteiger partial charge in [0.2, 0.25) is 12.6 Å². The maximum atomic E-state index is 12.4. The number of aromatic nitrogens is 1. The molecule has 0 atom stereocenters. The van der Waals surface area contributed by atoms with E-state index in [1.54, 1.807) is 43.3 Å². The Morgan fingerprint density at radius 1 is 1.24 bits per heavy atom. The zero-order valence-corrected chi connectivity index (χ0v) is 11.2. The van der Waals surface area contributed by atoms with Crippen molar-refractivity contribution in [3.8, 4) is 11.5 Å². The number of fused-ring (bicyclic) bond motifs is 1. The maximum absolute atomic E-state index is 12.4. The predicted octanol–water partition coefficient (Wildman–Crippen LogP) is 2.18. The number of hydrogen-bond acceptors (Lipinski definition) is 6. The monoisotopic (exact) mass is 284 g/mol. The topological polar surface area (TPSA) is 81.0 Å². The van der Waals surface area contributed by atoms with Gasteiger partial charge < -0.3 is 14.7 Å². The highest BCUT2D eigenvalue weighted by Crippen LogP contribution is 2.32. The van der Waals surface area contributed by atoms with Crippen molar-refractivity contribution < 1.29 is 19.5 Å². The van der Waals surface area contributed by atoms with Gasteiger partial charge in [0.05, 0.1) is 0 Å². The van der Waals surface area contributed by atoms with Gasteiger partial charge in [-0.2, -0.15) is 0 Å². The summed E-state index contributed by atoms with van der Waals surface area (Å²) in [4.78, 5) is 16.5. The third-order valence-electron chi connectivity index (χ3n) is 3.08. The lowest BCUT2D eigenvalue weighted by molar-refractivity contribution is 0.105. The SMILES string of the molecule is Cc1cccc(C(=O)C(=NO)c2ccc3c(c2)OCO3)n1. The van der Waals surface area contributed by atoms with Crippen LogP contribution in [0.5, 0.6) is 11.5 Å². The van der Waals surface area contributed by atoms with Crippen LogP contribution in [0.15, 0.2) is 41.6 Å². The minimum Gasteiger partial charge on any atom is -0.454 e. The van der Waals surface area contributed by atoms with Crippen LogP contribution in [-0.4, -0.2) is 28.5 Å². The van der Waals surface area contributed by atoms with E-state index in [2.05, 4.69) is 10.1 Å². The number of rotatable bonds is 3. The zero-order valence-electron chi connectivity index (χ0n) is 11.2. The summed E-state index contributed by atoms with van der Waals surface area (Å²) in [5, 5.41) is 12.3. The fourth-order valence-electron chi connectivity index (χ4n) is 2.07. The molecular formula is C15H12N2O4. The molecule has 1 aliphatic heterocycles. The standard InChI is InChI=1S/C15H12N2O4/c1-9-3-2-4-11(16-9)15(18)14(17-19)10-5-6-12-13(7-10)21-8-20-12/h2-7,19H,8H2,1H3. The Hall–Kier alpha value is -2.89. The first-order valence-electron chi connectivity index (χ1n) is 6.29. The molecule has 0 saturated heterocycles. The average molecular weight is 284 g/mol. The summed E-state index contributed by atoms with van der Waals surface area (Å²) in [5.41, 5.74) is 1.28. The number of oxime groups is 1. The Morgan fingerprint density at radius 2 is 2.05 bits per heavy atom. The van der Waals surface area contributed by atoms with E-state index in [4.69, 9.17) is 9.47 Å². The van der Waals surface area contributed by atoms with E-state index in [0.29, 0.717) is 22.8 Å². The van der Waals surface area contributed by atoms with E-state index in [1.165, 1.54) is 0 Å². The van der Waals surface area contributed by atoms with Crippen LogP contribution in [0.1, 0.15) is 21.7 Å². The summed E-state index contributed by atoms with van der Waals surface area (Å²) in [5.74, 6) is 0.649. The molecular weight excluding hydrogens is 272 g/mol. The summed E-state index contributed by atoms with van der Waals surface area (Å²) in [6, 6.07) is 9.99. The molecule has 0 fully saturated rings. The van der Waals surface area contributed by atoms with E-state index in [0.717, 1.165) is 0 Å². The lowest BCUT2D eigenvalue weighted by atomic mass is 10.0. The van der Waals surface area contributed by atoms with Crippen LogP contribution >= 0.6 is 0 Å². The molecule has 0 bridgehead atoms. The van der Waals surface area contributed by atoms with Crippen molar-refractivity contribution in [3.05, 3.63) is 53.3 Å². The second-order valence-electron chi connectivity index (χ2n) is 4.51.